The molecule has 0 aliphatic carbocycles. The van der Waals surface area contributed by atoms with Crippen LogP contribution in [0.5, 0.6) is 5.88 Å². The van der Waals surface area contributed by atoms with Gasteiger partial charge in [-0.2, -0.15) is 0 Å². The quantitative estimate of drug-likeness (QED) is 0.793. The van der Waals surface area contributed by atoms with Crippen molar-refractivity contribution in [1.29, 1.82) is 0 Å². The van der Waals surface area contributed by atoms with Gasteiger partial charge in [-0.15, -0.1) is 0 Å². The molecule has 0 bridgehead atoms. The van der Waals surface area contributed by atoms with Crippen molar-refractivity contribution < 1.29 is 14.3 Å². The highest BCUT2D eigenvalue weighted by Gasteiger charge is 2.12. The zero-order valence-electron chi connectivity index (χ0n) is 12.8. The van der Waals surface area contributed by atoms with Crippen molar-refractivity contribution in [3.8, 4) is 5.88 Å². The van der Waals surface area contributed by atoms with Crippen LogP contribution >= 0.6 is 0 Å². The van der Waals surface area contributed by atoms with Gasteiger partial charge in [0.2, 0.25) is 11.8 Å². The van der Waals surface area contributed by atoms with Crippen LogP contribution < -0.4 is 15.4 Å². The highest BCUT2D eigenvalue weighted by molar-refractivity contribution is 5.96. The maximum Gasteiger partial charge on any atom is 0.256 e. The molecule has 23 heavy (non-hydrogen) atoms. The van der Waals surface area contributed by atoms with Gasteiger partial charge in [0.1, 0.15) is 5.56 Å². The SMILES string of the molecule is COc1ncccc1C(=O)NCCC(=O)NCc1cccnc1. The number of hydrogen-bond acceptors (Lipinski definition) is 5. The third-order valence-corrected chi connectivity index (χ3v) is 3.06. The first-order chi connectivity index (χ1) is 11.2. The second kappa shape index (κ2) is 8.47. The lowest BCUT2D eigenvalue weighted by atomic mass is 10.2. The summed E-state index contributed by atoms with van der Waals surface area (Å²) < 4.78 is 5.02. The lowest BCUT2D eigenvalue weighted by Crippen LogP contribution is -2.30. The number of hydrogen-bond donors (Lipinski definition) is 2. The number of carbonyl (C=O) groups excluding carboxylic acids is 2. The van der Waals surface area contributed by atoms with E-state index in [4.69, 9.17) is 4.74 Å². The Morgan fingerprint density at radius 3 is 2.74 bits per heavy atom. The van der Waals surface area contributed by atoms with E-state index in [9.17, 15) is 9.59 Å². The van der Waals surface area contributed by atoms with Crippen molar-refractivity contribution in [2.45, 2.75) is 13.0 Å². The fourth-order valence-electron chi connectivity index (χ4n) is 1.90. The van der Waals surface area contributed by atoms with E-state index in [1.807, 2.05) is 12.1 Å². The van der Waals surface area contributed by atoms with E-state index < -0.39 is 0 Å². The van der Waals surface area contributed by atoms with E-state index in [0.717, 1.165) is 5.56 Å². The van der Waals surface area contributed by atoms with E-state index >= 15 is 0 Å². The van der Waals surface area contributed by atoms with Gasteiger partial charge in [-0.1, -0.05) is 6.07 Å². The monoisotopic (exact) mass is 314 g/mol. The molecule has 0 aliphatic rings. The van der Waals surface area contributed by atoms with Crippen LogP contribution in [-0.4, -0.2) is 35.4 Å². The molecule has 7 heteroatoms. The van der Waals surface area contributed by atoms with Crippen molar-refractivity contribution in [3.63, 3.8) is 0 Å². The molecule has 7 nitrogen and oxygen atoms in total. The van der Waals surface area contributed by atoms with E-state index in [0.29, 0.717) is 12.1 Å². The summed E-state index contributed by atoms with van der Waals surface area (Å²) in [6.45, 7) is 0.646. The van der Waals surface area contributed by atoms with Crippen LogP contribution in [0.15, 0.2) is 42.9 Å². The average molecular weight is 314 g/mol. The molecule has 120 valence electrons. The first kappa shape index (κ1) is 16.4. The summed E-state index contributed by atoms with van der Waals surface area (Å²) in [7, 11) is 1.45. The molecular weight excluding hydrogens is 296 g/mol. The number of carbonyl (C=O) groups is 2. The molecule has 0 fully saturated rings. The average Bonchev–Trinajstić information content (AvgIpc) is 2.60. The van der Waals surface area contributed by atoms with Gasteiger partial charge in [0.25, 0.3) is 5.91 Å². The first-order valence-corrected chi connectivity index (χ1v) is 7.13. The molecule has 0 unspecified atom stereocenters. The summed E-state index contributed by atoms with van der Waals surface area (Å²) in [4.78, 5) is 31.7. The molecule has 0 radical (unpaired) electrons. The van der Waals surface area contributed by atoms with E-state index in [-0.39, 0.29) is 30.7 Å². The molecule has 0 saturated carbocycles. The topological polar surface area (TPSA) is 93.2 Å². The molecule has 0 aromatic carbocycles. The van der Waals surface area contributed by atoms with Crippen molar-refractivity contribution in [3.05, 3.63) is 54.0 Å². The number of aromatic nitrogens is 2. The van der Waals surface area contributed by atoms with Gasteiger partial charge in [-0.05, 0) is 23.8 Å². The third kappa shape index (κ3) is 5.06. The summed E-state index contributed by atoms with van der Waals surface area (Å²) in [5, 5.41) is 5.44. The van der Waals surface area contributed by atoms with Crippen LogP contribution in [0.4, 0.5) is 0 Å². The Morgan fingerprint density at radius 1 is 1.17 bits per heavy atom. The van der Waals surface area contributed by atoms with Gasteiger partial charge in [-0.25, -0.2) is 4.98 Å². The fraction of sp³-hybridized carbons (Fsp3) is 0.250. The summed E-state index contributed by atoms with van der Waals surface area (Å²) in [6.07, 6.45) is 5.10. The fourth-order valence-corrected chi connectivity index (χ4v) is 1.90. The molecular formula is C16H18N4O3. The third-order valence-electron chi connectivity index (χ3n) is 3.06. The minimum absolute atomic E-state index is 0.146. The zero-order valence-corrected chi connectivity index (χ0v) is 12.8. The highest BCUT2D eigenvalue weighted by Crippen LogP contribution is 2.12. The highest BCUT2D eigenvalue weighted by atomic mass is 16.5. The Bertz CT molecular complexity index is 661. The van der Waals surface area contributed by atoms with Gasteiger partial charge < -0.3 is 15.4 Å². The summed E-state index contributed by atoms with van der Waals surface area (Å²) >= 11 is 0. The van der Waals surface area contributed by atoms with Gasteiger partial charge in [0, 0.05) is 38.1 Å². The van der Waals surface area contributed by atoms with E-state index in [2.05, 4.69) is 20.6 Å². The molecule has 2 N–H and O–H groups in total. The van der Waals surface area contributed by atoms with Crippen molar-refractivity contribution >= 4 is 11.8 Å². The number of nitrogens with one attached hydrogen (secondary N) is 2. The molecule has 0 aliphatic heterocycles. The van der Waals surface area contributed by atoms with Gasteiger partial charge >= 0.3 is 0 Å². The summed E-state index contributed by atoms with van der Waals surface area (Å²) in [5.41, 5.74) is 1.26. The van der Waals surface area contributed by atoms with E-state index in [1.165, 1.54) is 7.11 Å². The zero-order chi connectivity index (χ0) is 16.5. The molecule has 0 saturated heterocycles. The van der Waals surface area contributed by atoms with Crippen LogP contribution in [0.2, 0.25) is 0 Å². The van der Waals surface area contributed by atoms with Crippen LogP contribution in [0.1, 0.15) is 22.3 Å². The molecule has 0 spiro atoms. The maximum atomic E-state index is 12.0. The number of nitrogens with zero attached hydrogens (tertiary/aromatic N) is 2. The second-order valence-corrected chi connectivity index (χ2v) is 4.70. The Kier molecular flexibility index (Phi) is 6.05. The van der Waals surface area contributed by atoms with Gasteiger partial charge in [0.15, 0.2) is 0 Å². The molecule has 2 aromatic rings. The molecule has 2 amide bonds. The Hall–Kier alpha value is -2.96. The predicted octanol–water partition coefficient (Wildman–Crippen LogP) is 0.921. The predicted molar refractivity (Wildman–Crippen MR) is 83.8 cm³/mol. The van der Waals surface area contributed by atoms with Gasteiger partial charge in [0.05, 0.1) is 7.11 Å². The molecule has 0 atom stereocenters. The molecule has 2 heterocycles. The first-order valence-electron chi connectivity index (χ1n) is 7.13. The lowest BCUT2D eigenvalue weighted by molar-refractivity contribution is -0.121. The number of rotatable bonds is 7. The van der Waals surface area contributed by atoms with E-state index in [1.54, 1.807) is 30.7 Å². The Balaban J connectivity index is 1.74. The standard InChI is InChI=1S/C16H18N4O3/c1-23-16-13(5-3-8-19-16)15(22)18-9-6-14(21)20-11-12-4-2-7-17-10-12/h2-5,7-8,10H,6,9,11H2,1H3,(H,18,22)(H,20,21). The minimum Gasteiger partial charge on any atom is -0.480 e. The Morgan fingerprint density at radius 2 is 2.00 bits per heavy atom. The second-order valence-electron chi connectivity index (χ2n) is 4.70. The van der Waals surface area contributed by atoms with Gasteiger partial charge in [-0.3, -0.25) is 14.6 Å². The molecule has 2 aromatic heterocycles. The van der Waals surface area contributed by atoms with Crippen molar-refractivity contribution in [2.75, 3.05) is 13.7 Å². The van der Waals surface area contributed by atoms with Crippen LogP contribution in [0.3, 0.4) is 0 Å². The van der Waals surface area contributed by atoms with Crippen LogP contribution in [-0.2, 0) is 11.3 Å². The summed E-state index contributed by atoms with van der Waals surface area (Å²) in [6, 6.07) is 6.95. The normalized spacial score (nSPS) is 9.96. The number of ether oxygens (including phenoxy) is 1. The largest absolute Gasteiger partial charge is 0.480 e. The van der Waals surface area contributed by atoms with Crippen LogP contribution in [0.25, 0.3) is 0 Å². The smallest absolute Gasteiger partial charge is 0.256 e. The molecule has 2 rings (SSSR count). The number of methoxy groups -OCH3 is 1. The maximum absolute atomic E-state index is 12.0. The lowest BCUT2D eigenvalue weighted by Gasteiger charge is -2.08. The number of amides is 2. The summed E-state index contributed by atoms with van der Waals surface area (Å²) in [5.74, 6) is -0.214. The Labute approximate surface area is 134 Å². The number of pyridine rings is 2. The van der Waals surface area contributed by atoms with Crippen molar-refractivity contribution in [2.24, 2.45) is 0 Å². The minimum atomic E-state index is -0.324. The van der Waals surface area contributed by atoms with Crippen molar-refractivity contribution in [1.82, 2.24) is 20.6 Å². The van der Waals surface area contributed by atoms with Crippen LogP contribution in [0, 0.1) is 0 Å².